The van der Waals surface area contributed by atoms with Crippen LogP contribution in [0.3, 0.4) is 0 Å². The number of hydrogen-bond donors (Lipinski definition) is 1. The third-order valence-corrected chi connectivity index (χ3v) is 4.74. The van der Waals surface area contributed by atoms with Crippen molar-refractivity contribution in [2.24, 2.45) is 0 Å². The Labute approximate surface area is 155 Å². The SMILES string of the molecule is COc1ccc2nc(C3CC3)cc(C(=O)OCC(=O)N3CCNC3=O)c2c1. The number of methoxy groups -OCH3 is 1. The van der Waals surface area contributed by atoms with Crippen molar-refractivity contribution in [2.45, 2.75) is 18.8 Å². The van der Waals surface area contributed by atoms with Gasteiger partial charge in [0.05, 0.1) is 18.2 Å². The van der Waals surface area contributed by atoms with E-state index in [4.69, 9.17) is 9.47 Å². The lowest BCUT2D eigenvalue weighted by atomic mass is 10.1. The molecule has 1 aromatic carbocycles. The first-order valence-electron chi connectivity index (χ1n) is 8.81. The Morgan fingerprint density at radius 3 is 2.78 bits per heavy atom. The molecule has 0 unspecified atom stereocenters. The Morgan fingerprint density at radius 1 is 1.30 bits per heavy atom. The van der Waals surface area contributed by atoms with Crippen LogP contribution in [0.15, 0.2) is 24.3 Å². The highest BCUT2D eigenvalue weighted by molar-refractivity contribution is 6.05. The van der Waals surface area contributed by atoms with Crippen LogP contribution < -0.4 is 10.1 Å². The normalized spacial score (nSPS) is 16.3. The van der Waals surface area contributed by atoms with Crippen molar-refractivity contribution in [1.82, 2.24) is 15.2 Å². The van der Waals surface area contributed by atoms with E-state index in [0.717, 1.165) is 23.4 Å². The predicted octanol–water partition coefficient (Wildman–Crippen LogP) is 1.83. The smallest absolute Gasteiger partial charge is 0.339 e. The fourth-order valence-electron chi connectivity index (χ4n) is 3.10. The van der Waals surface area contributed by atoms with E-state index in [9.17, 15) is 14.4 Å². The molecule has 140 valence electrons. The maximum Gasteiger partial charge on any atom is 0.339 e. The molecular formula is C19H19N3O5. The molecular weight excluding hydrogens is 350 g/mol. The van der Waals surface area contributed by atoms with Crippen LogP contribution in [0.2, 0.25) is 0 Å². The van der Waals surface area contributed by atoms with Gasteiger partial charge in [-0.05, 0) is 37.1 Å². The third kappa shape index (κ3) is 3.42. The van der Waals surface area contributed by atoms with Crippen molar-refractivity contribution in [1.29, 1.82) is 0 Å². The summed E-state index contributed by atoms with van der Waals surface area (Å²) in [5.41, 5.74) is 1.88. The molecule has 1 aromatic heterocycles. The molecule has 2 aliphatic rings. The van der Waals surface area contributed by atoms with E-state index in [2.05, 4.69) is 10.3 Å². The average Bonchev–Trinajstić information content (AvgIpc) is 3.45. The summed E-state index contributed by atoms with van der Waals surface area (Å²) in [7, 11) is 1.55. The van der Waals surface area contributed by atoms with E-state index in [-0.39, 0.29) is 6.54 Å². The molecule has 8 nitrogen and oxygen atoms in total. The monoisotopic (exact) mass is 369 g/mol. The van der Waals surface area contributed by atoms with Gasteiger partial charge >= 0.3 is 12.0 Å². The summed E-state index contributed by atoms with van der Waals surface area (Å²) < 4.78 is 10.4. The van der Waals surface area contributed by atoms with Crippen LogP contribution in [0.5, 0.6) is 5.75 Å². The van der Waals surface area contributed by atoms with Crippen LogP contribution in [-0.4, -0.2) is 54.6 Å². The Balaban J connectivity index is 1.59. The van der Waals surface area contributed by atoms with Gasteiger partial charge in [0.2, 0.25) is 0 Å². The van der Waals surface area contributed by atoms with Gasteiger partial charge in [0.15, 0.2) is 6.61 Å². The number of fused-ring (bicyclic) bond motifs is 1. The highest BCUT2D eigenvalue weighted by Crippen LogP contribution is 2.40. The van der Waals surface area contributed by atoms with Crippen molar-refractivity contribution in [3.05, 3.63) is 35.5 Å². The second-order valence-corrected chi connectivity index (χ2v) is 6.61. The molecule has 1 N–H and O–H groups in total. The van der Waals surface area contributed by atoms with Gasteiger partial charge in [-0.15, -0.1) is 0 Å². The minimum atomic E-state index is -0.620. The molecule has 1 saturated heterocycles. The van der Waals surface area contributed by atoms with Crippen LogP contribution in [0.4, 0.5) is 4.79 Å². The molecule has 0 bridgehead atoms. The summed E-state index contributed by atoms with van der Waals surface area (Å²) >= 11 is 0. The minimum absolute atomic E-state index is 0.274. The zero-order valence-corrected chi connectivity index (χ0v) is 14.9. The molecule has 0 atom stereocenters. The second kappa shape index (κ2) is 6.86. The lowest BCUT2D eigenvalue weighted by Crippen LogP contribution is -2.37. The topological polar surface area (TPSA) is 97.8 Å². The summed E-state index contributed by atoms with van der Waals surface area (Å²) in [6.45, 7) is 0.188. The van der Waals surface area contributed by atoms with Crippen LogP contribution in [0.1, 0.15) is 34.8 Å². The van der Waals surface area contributed by atoms with Crippen LogP contribution in [0.25, 0.3) is 10.9 Å². The molecule has 27 heavy (non-hydrogen) atoms. The van der Waals surface area contributed by atoms with Gasteiger partial charge in [0.1, 0.15) is 5.75 Å². The Bertz CT molecular complexity index is 938. The highest BCUT2D eigenvalue weighted by Gasteiger charge is 2.29. The molecule has 2 aromatic rings. The van der Waals surface area contributed by atoms with Crippen molar-refractivity contribution in [2.75, 3.05) is 26.8 Å². The summed E-state index contributed by atoms with van der Waals surface area (Å²) in [4.78, 5) is 42.0. The number of carbonyl (C=O) groups excluding carboxylic acids is 3. The fraction of sp³-hybridized carbons (Fsp3) is 0.368. The molecule has 8 heteroatoms. The number of nitrogens with zero attached hydrogens (tertiary/aromatic N) is 2. The zero-order valence-electron chi connectivity index (χ0n) is 14.9. The number of ether oxygens (including phenoxy) is 2. The molecule has 0 radical (unpaired) electrons. The zero-order chi connectivity index (χ0) is 19.0. The first kappa shape index (κ1) is 17.3. The van der Waals surface area contributed by atoms with Crippen LogP contribution >= 0.6 is 0 Å². The number of amides is 3. The van der Waals surface area contributed by atoms with Crippen molar-refractivity contribution < 1.29 is 23.9 Å². The molecule has 3 amide bonds. The maximum atomic E-state index is 12.7. The van der Waals surface area contributed by atoms with Crippen molar-refractivity contribution in [3.8, 4) is 5.75 Å². The number of esters is 1. The first-order valence-corrected chi connectivity index (χ1v) is 8.81. The van der Waals surface area contributed by atoms with Gasteiger partial charge in [-0.3, -0.25) is 14.7 Å². The lowest BCUT2D eigenvalue weighted by molar-refractivity contribution is -0.130. The van der Waals surface area contributed by atoms with Gasteiger partial charge < -0.3 is 14.8 Å². The molecule has 1 aliphatic heterocycles. The minimum Gasteiger partial charge on any atom is -0.497 e. The molecule has 4 rings (SSSR count). The van der Waals surface area contributed by atoms with Crippen molar-refractivity contribution in [3.63, 3.8) is 0 Å². The quantitative estimate of drug-likeness (QED) is 0.808. The number of imide groups is 1. The Hall–Kier alpha value is -3.16. The third-order valence-electron chi connectivity index (χ3n) is 4.74. The largest absolute Gasteiger partial charge is 0.497 e. The fourth-order valence-corrected chi connectivity index (χ4v) is 3.10. The van der Waals surface area contributed by atoms with Crippen molar-refractivity contribution >= 4 is 28.8 Å². The van der Waals surface area contributed by atoms with Gasteiger partial charge in [-0.1, -0.05) is 0 Å². The van der Waals surface area contributed by atoms with E-state index < -0.39 is 24.5 Å². The number of carbonyl (C=O) groups is 3. The standard InChI is InChI=1S/C19H19N3O5/c1-26-12-4-5-15-13(8-12)14(9-16(21-15)11-2-3-11)18(24)27-10-17(23)22-7-6-20-19(22)25/h4-5,8-9,11H,2-3,6-7,10H2,1H3,(H,20,25). The van der Waals surface area contributed by atoms with Gasteiger partial charge in [-0.25, -0.2) is 9.59 Å². The number of urea groups is 1. The van der Waals surface area contributed by atoms with E-state index in [1.54, 1.807) is 31.4 Å². The van der Waals surface area contributed by atoms with Gasteiger partial charge in [-0.2, -0.15) is 0 Å². The number of aromatic nitrogens is 1. The van der Waals surface area contributed by atoms with Crippen LogP contribution in [-0.2, 0) is 9.53 Å². The number of rotatable bonds is 5. The lowest BCUT2D eigenvalue weighted by Gasteiger charge is -2.13. The number of benzene rings is 1. The second-order valence-electron chi connectivity index (χ2n) is 6.61. The van der Waals surface area contributed by atoms with E-state index in [0.29, 0.717) is 34.7 Å². The average molecular weight is 369 g/mol. The number of pyridine rings is 1. The first-order chi connectivity index (χ1) is 13.1. The summed E-state index contributed by atoms with van der Waals surface area (Å²) in [5, 5.41) is 3.14. The predicted molar refractivity (Wildman–Crippen MR) is 95.7 cm³/mol. The number of hydrogen-bond acceptors (Lipinski definition) is 6. The molecule has 1 aliphatic carbocycles. The molecule has 2 heterocycles. The highest BCUT2D eigenvalue weighted by atomic mass is 16.5. The maximum absolute atomic E-state index is 12.7. The molecule has 0 spiro atoms. The van der Waals surface area contributed by atoms with Crippen LogP contribution in [0, 0.1) is 0 Å². The summed E-state index contributed by atoms with van der Waals surface area (Å²) in [6.07, 6.45) is 2.09. The summed E-state index contributed by atoms with van der Waals surface area (Å²) in [6, 6.07) is 6.58. The van der Waals surface area contributed by atoms with Gasteiger partial charge in [0.25, 0.3) is 5.91 Å². The van der Waals surface area contributed by atoms with E-state index in [1.807, 2.05) is 0 Å². The summed E-state index contributed by atoms with van der Waals surface area (Å²) in [5.74, 6) is -0.206. The number of nitrogens with one attached hydrogen (secondary N) is 1. The molecule has 2 fully saturated rings. The molecule has 1 saturated carbocycles. The van der Waals surface area contributed by atoms with E-state index in [1.165, 1.54) is 0 Å². The van der Waals surface area contributed by atoms with E-state index >= 15 is 0 Å². The Kier molecular flexibility index (Phi) is 4.39. The Morgan fingerprint density at radius 2 is 2.11 bits per heavy atom. The van der Waals surface area contributed by atoms with Gasteiger partial charge in [0, 0.05) is 30.1 Å².